The molecule has 1 aliphatic heterocycles. The minimum Gasteiger partial charge on any atom is -0.493 e. The van der Waals surface area contributed by atoms with Crippen molar-refractivity contribution < 1.29 is 32.5 Å². The third-order valence-electron chi connectivity index (χ3n) is 4.51. The van der Waals surface area contributed by atoms with E-state index in [-0.39, 0.29) is 23.5 Å². The molecule has 0 aliphatic carbocycles. The van der Waals surface area contributed by atoms with Gasteiger partial charge in [-0.2, -0.15) is 8.78 Å². The highest BCUT2D eigenvalue weighted by Crippen LogP contribution is 2.31. The van der Waals surface area contributed by atoms with Crippen LogP contribution in [0.4, 0.5) is 8.78 Å². The monoisotopic (exact) mass is 419 g/mol. The topological polar surface area (TPSA) is 57.2 Å². The number of amides is 1. The summed E-state index contributed by atoms with van der Waals surface area (Å²) in [5.74, 6) is 1.23. The maximum atomic E-state index is 12.6. The Bertz CT molecular complexity index is 903. The second-order valence-corrected chi connectivity index (χ2v) is 6.50. The van der Waals surface area contributed by atoms with E-state index in [4.69, 9.17) is 14.2 Å². The number of nitrogens with zero attached hydrogens (tertiary/aromatic N) is 1. The van der Waals surface area contributed by atoms with Gasteiger partial charge in [-0.15, -0.1) is 0 Å². The van der Waals surface area contributed by atoms with Gasteiger partial charge < -0.3 is 23.8 Å². The van der Waals surface area contributed by atoms with Gasteiger partial charge in [-0.25, -0.2) is 0 Å². The standard InChI is InChI=1S/C22H23F2NO5/c1-3-25(13-16-14-28-17-6-4-5-7-18(17)29-16)21(26)11-9-15-8-10-19(30-22(23)24)20(12-15)27-2/h4-12,16,22H,3,13-14H2,1-2H3/b11-9+/t16-/m1/s1. The molecule has 2 aromatic rings. The SMILES string of the molecule is CCN(C[C@@H]1COc2ccccc2O1)C(=O)/C=C/c1ccc(OC(F)F)c(OC)c1. The van der Waals surface area contributed by atoms with Crippen molar-refractivity contribution in [2.45, 2.75) is 19.6 Å². The lowest BCUT2D eigenvalue weighted by Crippen LogP contribution is -2.43. The minimum absolute atomic E-state index is 0.0686. The van der Waals surface area contributed by atoms with Crippen LogP contribution in [-0.2, 0) is 4.79 Å². The van der Waals surface area contributed by atoms with Crippen molar-refractivity contribution in [2.75, 3.05) is 26.8 Å². The van der Waals surface area contributed by atoms with E-state index in [0.717, 1.165) is 0 Å². The Kier molecular flexibility index (Phi) is 7.11. The highest BCUT2D eigenvalue weighted by molar-refractivity contribution is 5.91. The second-order valence-electron chi connectivity index (χ2n) is 6.50. The largest absolute Gasteiger partial charge is 0.493 e. The summed E-state index contributed by atoms with van der Waals surface area (Å²) in [6.07, 6.45) is 2.74. The fraction of sp³-hybridized carbons (Fsp3) is 0.318. The molecule has 30 heavy (non-hydrogen) atoms. The van der Waals surface area contributed by atoms with E-state index >= 15 is 0 Å². The lowest BCUT2D eigenvalue weighted by Gasteiger charge is -2.30. The van der Waals surface area contributed by atoms with Crippen LogP contribution in [0.3, 0.4) is 0 Å². The first-order valence-electron chi connectivity index (χ1n) is 9.48. The van der Waals surface area contributed by atoms with E-state index in [1.165, 1.54) is 25.3 Å². The van der Waals surface area contributed by atoms with Crippen LogP contribution in [0.25, 0.3) is 6.08 Å². The van der Waals surface area contributed by atoms with Crippen LogP contribution in [-0.4, -0.2) is 50.3 Å². The Morgan fingerprint density at radius 2 is 2.00 bits per heavy atom. The zero-order valence-corrected chi connectivity index (χ0v) is 16.7. The first-order chi connectivity index (χ1) is 14.5. The Morgan fingerprint density at radius 3 is 2.70 bits per heavy atom. The van der Waals surface area contributed by atoms with Gasteiger partial charge in [0.1, 0.15) is 6.61 Å². The highest BCUT2D eigenvalue weighted by Gasteiger charge is 2.24. The predicted octanol–water partition coefficient (Wildman–Crippen LogP) is 4.00. The van der Waals surface area contributed by atoms with Crippen LogP contribution in [0.5, 0.6) is 23.0 Å². The second kappa shape index (κ2) is 9.96. The average molecular weight is 419 g/mol. The van der Waals surface area contributed by atoms with Crippen molar-refractivity contribution in [2.24, 2.45) is 0 Å². The molecule has 1 heterocycles. The average Bonchev–Trinajstić information content (AvgIpc) is 2.76. The van der Waals surface area contributed by atoms with Gasteiger partial charge in [-0.05, 0) is 42.8 Å². The fourth-order valence-electron chi connectivity index (χ4n) is 3.03. The Balaban J connectivity index is 1.63. The maximum absolute atomic E-state index is 12.6. The first-order valence-corrected chi connectivity index (χ1v) is 9.48. The number of hydrogen-bond acceptors (Lipinski definition) is 5. The lowest BCUT2D eigenvalue weighted by molar-refractivity contribution is -0.127. The quantitative estimate of drug-likeness (QED) is 0.606. The molecule has 0 unspecified atom stereocenters. The third-order valence-corrected chi connectivity index (χ3v) is 4.51. The van der Waals surface area contributed by atoms with E-state index < -0.39 is 6.61 Å². The molecule has 0 aromatic heterocycles. The molecule has 0 bridgehead atoms. The molecule has 0 radical (unpaired) electrons. The molecule has 160 valence electrons. The number of hydrogen-bond donors (Lipinski definition) is 0. The van der Waals surface area contributed by atoms with Gasteiger partial charge in [-0.3, -0.25) is 4.79 Å². The lowest BCUT2D eigenvalue weighted by atomic mass is 10.2. The number of rotatable bonds is 8. The Hall–Kier alpha value is -3.29. The van der Waals surface area contributed by atoms with Crippen molar-refractivity contribution >= 4 is 12.0 Å². The Labute approximate surface area is 173 Å². The van der Waals surface area contributed by atoms with Gasteiger partial charge in [0.25, 0.3) is 0 Å². The van der Waals surface area contributed by atoms with Gasteiger partial charge in [0.2, 0.25) is 5.91 Å². The zero-order valence-electron chi connectivity index (χ0n) is 16.7. The van der Waals surface area contributed by atoms with E-state index in [1.807, 2.05) is 31.2 Å². The van der Waals surface area contributed by atoms with Gasteiger partial charge in [0.05, 0.1) is 13.7 Å². The zero-order chi connectivity index (χ0) is 21.5. The smallest absolute Gasteiger partial charge is 0.387 e. The van der Waals surface area contributed by atoms with Gasteiger partial charge in [-0.1, -0.05) is 18.2 Å². The number of para-hydroxylation sites is 2. The molecule has 1 atom stereocenters. The van der Waals surface area contributed by atoms with Crippen LogP contribution in [0.2, 0.25) is 0 Å². The van der Waals surface area contributed by atoms with Gasteiger partial charge >= 0.3 is 6.61 Å². The molecule has 0 saturated heterocycles. The summed E-state index contributed by atoms with van der Waals surface area (Å²) in [5.41, 5.74) is 0.615. The molecule has 8 heteroatoms. The first kappa shape index (κ1) is 21.4. The van der Waals surface area contributed by atoms with Crippen LogP contribution >= 0.6 is 0 Å². The number of likely N-dealkylation sites (N-methyl/N-ethyl adjacent to an activating group) is 1. The number of ether oxygens (including phenoxy) is 4. The number of carbonyl (C=O) groups excluding carboxylic acids is 1. The molecule has 0 saturated carbocycles. The van der Waals surface area contributed by atoms with E-state index in [0.29, 0.717) is 36.8 Å². The van der Waals surface area contributed by atoms with Gasteiger partial charge in [0, 0.05) is 12.6 Å². The fourth-order valence-corrected chi connectivity index (χ4v) is 3.03. The molecule has 2 aromatic carbocycles. The number of carbonyl (C=O) groups is 1. The number of methoxy groups -OCH3 is 1. The van der Waals surface area contributed by atoms with Crippen molar-refractivity contribution in [1.82, 2.24) is 4.90 Å². The highest BCUT2D eigenvalue weighted by atomic mass is 19.3. The number of halogens is 2. The van der Waals surface area contributed by atoms with Crippen molar-refractivity contribution in [3.8, 4) is 23.0 Å². The summed E-state index contributed by atoms with van der Waals surface area (Å²) in [5, 5.41) is 0. The number of alkyl halides is 2. The minimum atomic E-state index is -2.95. The van der Waals surface area contributed by atoms with E-state index in [9.17, 15) is 13.6 Å². The molecule has 0 fully saturated rings. The third kappa shape index (κ3) is 5.40. The molecule has 1 aliphatic rings. The molecule has 3 rings (SSSR count). The van der Waals surface area contributed by atoms with E-state index in [1.54, 1.807) is 17.0 Å². The van der Waals surface area contributed by atoms with Crippen LogP contribution < -0.4 is 18.9 Å². The Morgan fingerprint density at radius 1 is 1.23 bits per heavy atom. The summed E-state index contributed by atoms with van der Waals surface area (Å²) < 4.78 is 45.9. The number of fused-ring (bicyclic) bond motifs is 1. The summed E-state index contributed by atoms with van der Waals surface area (Å²) in [6, 6.07) is 11.9. The van der Waals surface area contributed by atoms with Crippen LogP contribution in [0.1, 0.15) is 12.5 Å². The summed E-state index contributed by atoms with van der Waals surface area (Å²) in [4.78, 5) is 14.3. The molecule has 0 spiro atoms. The molecular weight excluding hydrogens is 396 g/mol. The normalized spacial score (nSPS) is 15.3. The van der Waals surface area contributed by atoms with Gasteiger partial charge in [0.15, 0.2) is 29.1 Å². The van der Waals surface area contributed by atoms with Crippen molar-refractivity contribution in [1.29, 1.82) is 0 Å². The van der Waals surface area contributed by atoms with Crippen LogP contribution in [0.15, 0.2) is 48.5 Å². The number of benzene rings is 2. The summed E-state index contributed by atoms with van der Waals surface area (Å²) in [6.45, 7) is 0.155. The molecule has 6 nitrogen and oxygen atoms in total. The summed E-state index contributed by atoms with van der Waals surface area (Å²) >= 11 is 0. The molecular formula is C22H23F2NO5. The molecule has 1 amide bonds. The van der Waals surface area contributed by atoms with Crippen molar-refractivity contribution in [3.05, 3.63) is 54.1 Å². The van der Waals surface area contributed by atoms with Crippen molar-refractivity contribution in [3.63, 3.8) is 0 Å². The van der Waals surface area contributed by atoms with E-state index in [2.05, 4.69) is 4.74 Å². The maximum Gasteiger partial charge on any atom is 0.387 e. The predicted molar refractivity (Wildman–Crippen MR) is 107 cm³/mol. The molecule has 0 N–H and O–H groups in total. The summed E-state index contributed by atoms with van der Waals surface area (Å²) in [7, 11) is 1.36. The van der Waals surface area contributed by atoms with Crippen LogP contribution in [0, 0.1) is 0 Å².